The average Bonchev–Trinajstić information content (AvgIpc) is 2.13. The SMILES string of the molecule is Cc1cc(C)nc(Sc2nc(N)cc(Br)n2)c1. The van der Waals surface area contributed by atoms with Crippen molar-refractivity contribution in [2.24, 2.45) is 0 Å². The lowest BCUT2D eigenvalue weighted by atomic mass is 10.3. The molecule has 0 radical (unpaired) electrons. The number of hydrogen-bond donors (Lipinski definition) is 1. The molecule has 0 aliphatic carbocycles. The molecule has 0 saturated heterocycles. The highest BCUT2D eigenvalue weighted by Gasteiger charge is 2.05. The molecule has 4 nitrogen and oxygen atoms in total. The summed E-state index contributed by atoms with van der Waals surface area (Å²) in [6.45, 7) is 4.00. The number of hydrogen-bond acceptors (Lipinski definition) is 5. The number of halogens is 1. The van der Waals surface area contributed by atoms with Crippen molar-refractivity contribution in [3.05, 3.63) is 34.1 Å². The first-order valence-corrected chi connectivity index (χ1v) is 6.57. The highest BCUT2D eigenvalue weighted by atomic mass is 79.9. The second kappa shape index (κ2) is 5.01. The molecule has 6 heteroatoms. The molecule has 2 aromatic rings. The lowest BCUT2D eigenvalue weighted by Crippen LogP contribution is -1.95. The van der Waals surface area contributed by atoms with Crippen molar-refractivity contribution in [3.8, 4) is 0 Å². The Kier molecular flexibility index (Phi) is 3.63. The summed E-state index contributed by atoms with van der Waals surface area (Å²) in [4.78, 5) is 12.8. The van der Waals surface area contributed by atoms with Gasteiger partial charge in [0.2, 0.25) is 0 Å². The molecule has 2 heterocycles. The number of aromatic nitrogens is 3. The minimum atomic E-state index is 0.443. The van der Waals surface area contributed by atoms with Gasteiger partial charge in [-0.15, -0.1) is 0 Å². The molecule has 2 aromatic heterocycles. The van der Waals surface area contributed by atoms with Gasteiger partial charge in [0.1, 0.15) is 15.4 Å². The summed E-state index contributed by atoms with van der Waals surface area (Å²) in [6.07, 6.45) is 0. The molecule has 0 bridgehead atoms. The zero-order chi connectivity index (χ0) is 12.4. The number of pyridine rings is 1. The van der Waals surface area contributed by atoms with Crippen LogP contribution in [0.4, 0.5) is 5.82 Å². The Morgan fingerprint density at radius 3 is 2.53 bits per heavy atom. The summed E-state index contributed by atoms with van der Waals surface area (Å²) in [5.74, 6) is 0.443. The van der Waals surface area contributed by atoms with Crippen molar-refractivity contribution in [1.82, 2.24) is 15.0 Å². The van der Waals surface area contributed by atoms with Crippen LogP contribution in [0, 0.1) is 13.8 Å². The third-order valence-corrected chi connectivity index (χ3v) is 3.15. The Morgan fingerprint density at radius 1 is 1.12 bits per heavy atom. The van der Waals surface area contributed by atoms with Gasteiger partial charge in [-0.05, 0) is 59.2 Å². The maximum absolute atomic E-state index is 5.66. The van der Waals surface area contributed by atoms with Gasteiger partial charge in [-0.3, -0.25) is 0 Å². The monoisotopic (exact) mass is 310 g/mol. The van der Waals surface area contributed by atoms with Crippen LogP contribution in [0.2, 0.25) is 0 Å². The lowest BCUT2D eigenvalue weighted by molar-refractivity contribution is 0.947. The van der Waals surface area contributed by atoms with Gasteiger partial charge in [-0.2, -0.15) is 0 Å². The normalized spacial score (nSPS) is 10.5. The van der Waals surface area contributed by atoms with Gasteiger partial charge in [-0.25, -0.2) is 15.0 Å². The first-order valence-electron chi connectivity index (χ1n) is 4.96. The van der Waals surface area contributed by atoms with E-state index in [0.29, 0.717) is 15.6 Å². The molecule has 0 saturated carbocycles. The summed E-state index contributed by atoms with van der Waals surface area (Å²) in [5, 5.41) is 1.47. The topological polar surface area (TPSA) is 64.7 Å². The minimum absolute atomic E-state index is 0.443. The van der Waals surface area contributed by atoms with E-state index >= 15 is 0 Å². The number of aryl methyl sites for hydroxylation is 2. The Morgan fingerprint density at radius 2 is 1.88 bits per heavy atom. The van der Waals surface area contributed by atoms with Crippen LogP contribution in [-0.4, -0.2) is 15.0 Å². The second-order valence-corrected chi connectivity index (χ2v) is 5.42. The highest BCUT2D eigenvalue weighted by molar-refractivity contribution is 9.10. The fraction of sp³-hybridized carbons (Fsp3) is 0.182. The molecule has 2 N–H and O–H groups in total. The van der Waals surface area contributed by atoms with E-state index in [1.807, 2.05) is 26.0 Å². The van der Waals surface area contributed by atoms with E-state index in [1.165, 1.54) is 17.3 Å². The van der Waals surface area contributed by atoms with E-state index in [1.54, 1.807) is 6.07 Å². The van der Waals surface area contributed by atoms with Crippen LogP contribution >= 0.6 is 27.7 Å². The molecular weight excluding hydrogens is 300 g/mol. The quantitative estimate of drug-likeness (QED) is 0.682. The van der Waals surface area contributed by atoms with E-state index in [2.05, 4.69) is 30.9 Å². The van der Waals surface area contributed by atoms with Crippen LogP contribution in [0.25, 0.3) is 0 Å². The second-order valence-electron chi connectivity index (χ2n) is 3.62. The van der Waals surface area contributed by atoms with Crippen LogP contribution in [0.1, 0.15) is 11.3 Å². The van der Waals surface area contributed by atoms with Crippen LogP contribution < -0.4 is 5.73 Å². The molecule has 2 rings (SSSR count). The third kappa shape index (κ3) is 3.41. The molecule has 88 valence electrons. The number of nitrogens with two attached hydrogens (primary N) is 1. The third-order valence-electron chi connectivity index (χ3n) is 1.96. The van der Waals surface area contributed by atoms with Crippen LogP contribution in [0.5, 0.6) is 0 Å². The Bertz CT molecular complexity index is 469. The summed E-state index contributed by atoms with van der Waals surface area (Å²) >= 11 is 4.69. The zero-order valence-corrected chi connectivity index (χ0v) is 11.8. The van der Waals surface area contributed by atoms with Crippen molar-refractivity contribution < 1.29 is 0 Å². The molecule has 17 heavy (non-hydrogen) atoms. The van der Waals surface area contributed by atoms with E-state index in [4.69, 9.17) is 5.73 Å². The maximum atomic E-state index is 5.66. The van der Waals surface area contributed by atoms with Gasteiger partial charge in [0.15, 0.2) is 5.16 Å². The van der Waals surface area contributed by atoms with E-state index in [-0.39, 0.29) is 0 Å². The number of anilines is 1. The zero-order valence-electron chi connectivity index (χ0n) is 9.44. The predicted molar refractivity (Wildman–Crippen MR) is 72.0 cm³/mol. The van der Waals surface area contributed by atoms with Crippen LogP contribution in [0.3, 0.4) is 0 Å². The lowest BCUT2D eigenvalue weighted by Gasteiger charge is -2.03. The van der Waals surface area contributed by atoms with E-state index < -0.39 is 0 Å². The molecule has 0 spiro atoms. The molecule has 0 fully saturated rings. The molecule has 0 aliphatic heterocycles. The Hall–Kier alpha value is -1.14. The number of nitrogen functional groups attached to an aromatic ring is 1. The van der Waals surface area contributed by atoms with Crippen molar-refractivity contribution in [3.63, 3.8) is 0 Å². The molecule has 0 unspecified atom stereocenters. The molecule has 0 atom stereocenters. The predicted octanol–water partition coefficient (Wildman–Crippen LogP) is 2.98. The van der Waals surface area contributed by atoms with Gasteiger partial charge < -0.3 is 5.73 Å². The Balaban J connectivity index is 2.31. The van der Waals surface area contributed by atoms with Gasteiger partial charge in [0.25, 0.3) is 0 Å². The fourth-order valence-electron chi connectivity index (χ4n) is 1.41. The number of rotatable bonds is 2. The van der Waals surface area contributed by atoms with Gasteiger partial charge >= 0.3 is 0 Å². The van der Waals surface area contributed by atoms with Crippen LogP contribution in [0.15, 0.2) is 33.0 Å². The maximum Gasteiger partial charge on any atom is 0.196 e. The first kappa shape index (κ1) is 12.3. The van der Waals surface area contributed by atoms with Crippen molar-refractivity contribution in [2.45, 2.75) is 24.0 Å². The summed E-state index contributed by atoms with van der Waals surface area (Å²) < 4.78 is 0.678. The summed E-state index contributed by atoms with van der Waals surface area (Å²) in [6, 6.07) is 5.69. The summed E-state index contributed by atoms with van der Waals surface area (Å²) in [5.41, 5.74) is 7.81. The smallest absolute Gasteiger partial charge is 0.196 e. The number of nitrogens with zero attached hydrogens (tertiary/aromatic N) is 3. The molecular formula is C11H11BrN4S. The average molecular weight is 311 g/mol. The largest absolute Gasteiger partial charge is 0.384 e. The van der Waals surface area contributed by atoms with Crippen molar-refractivity contribution in [1.29, 1.82) is 0 Å². The van der Waals surface area contributed by atoms with E-state index in [9.17, 15) is 0 Å². The fourth-order valence-corrected chi connectivity index (χ4v) is 2.85. The molecule has 0 amide bonds. The van der Waals surface area contributed by atoms with Gasteiger partial charge in [0.05, 0.1) is 0 Å². The van der Waals surface area contributed by atoms with E-state index in [0.717, 1.165) is 10.7 Å². The standard InChI is InChI=1S/C11H11BrN4S/c1-6-3-7(2)14-10(4-6)17-11-15-8(12)5-9(13)16-11/h3-5H,1-2H3,(H2,13,15,16). The Labute approximate surface area is 112 Å². The van der Waals surface area contributed by atoms with Gasteiger partial charge in [-0.1, -0.05) is 0 Å². The van der Waals surface area contributed by atoms with Crippen molar-refractivity contribution >= 4 is 33.5 Å². The van der Waals surface area contributed by atoms with Crippen LogP contribution in [-0.2, 0) is 0 Å². The minimum Gasteiger partial charge on any atom is -0.384 e. The van der Waals surface area contributed by atoms with Crippen molar-refractivity contribution in [2.75, 3.05) is 5.73 Å². The summed E-state index contributed by atoms with van der Waals surface area (Å²) in [7, 11) is 0. The molecule has 0 aliphatic rings. The molecule has 0 aromatic carbocycles. The van der Waals surface area contributed by atoms with Gasteiger partial charge in [0, 0.05) is 11.8 Å². The highest BCUT2D eigenvalue weighted by Crippen LogP contribution is 2.25. The first-order chi connectivity index (χ1) is 8.02.